The largest absolute Gasteiger partial charge is 0.352 e. The molecule has 7 nitrogen and oxygen atoms in total. The first kappa shape index (κ1) is 19.9. The van der Waals surface area contributed by atoms with E-state index in [0.29, 0.717) is 18.9 Å². The molecule has 0 saturated carbocycles. The minimum Gasteiger partial charge on any atom is -0.352 e. The number of aryl methyl sites for hydroxylation is 1. The number of piperazine rings is 1. The van der Waals surface area contributed by atoms with Gasteiger partial charge in [-0.15, -0.1) is 10.2 Å². The molecule has 4 aromatic rings. The summed E-state index contributed by atoms with van der Waals surface area (Å²) in [6, 6.07) is 23.6. The number of nitrogens with one attached hydrogen (secondary N) is 1. The highest BCUT2D eigenvalue weighted by Crippen LogP contribution is 2.22. The summed E-state index contributed by atoms with van der Waals surface area (Å²) in [5.41, 5.74) is 1.70. The van der Waals surface area contributed by atoms with Crippen LogP contribution >= 0.6 is 0 Å². The first-order valence-electron chi connectivity index (χ1n) is 10.7. The van der Waals surface area contributed by atoms with Crippen molar-refractivity contribution in [1.29, 1.82) is 0 Å². The van der Waals surface area contributed by atoms with Crippen LogP contribution < -0.4 is 10.2 Å². The Hall–Kier alpha value is -4.00. The van der Waals surface area contributed by atoms with Crippen LogP contribution in [0.2, 0.25) is 0 Å². The standard InChI is InChI=1S/C25H24N6O/c1-18-6-4-11-22(26-18)27-23-12-13-24(29-28-23)30-14-16-31(17-15-30)25(32)21-10-5-8-19-7-2-3-9-20(19)21/h2-13H,14-17H2,1H3,(H,26,27,28). The fraction of sp³-hybridized carbons (Fsp3) is 0.200. The lowest BCUT2D eigenvalue weighted by molar-refractivity contribution is 0.0748. The Morgan fingerprint density at radius 1 is 0.812 bits per heavy atom. The Morgan fingerprint density at radius 3 is 2.38 bits per heavy atom. The molecule has 0 bridgehead atoms. The number of anilines is 3. The molecule has 1 amide bonds. The van der Waals surface area contributed by atoms with Gasteiger partial charge in [0.1, 0.15) is 5.82 Å². The number of rotatable bonds is 4. The molecule has 1 saturated heterocycles. The summed E-state index contributed by atoms with van der Waals surface area (Å²) in [7, 11) is 0. The van der Waals surface area contributed by atoms with Crippen molar-refractivity contribution in [3.05, 3.63) is 84.1 Å². The van der Waals surface area contributed by atoms with Crippen LogP contribution in [0.25, 0.3) is 10.8 Å². The van der Waals surface area contributed by atoms with E-state index < -0.39 is 0 Å². The number of fused-ring (bicyclic) bond motifs is 1. The molecule has 1 fully saturated rings. The fourth-order valence-corrected chi connectivity index (χ4v) is 4.03. The van der Waals surface area contributed by atoms with Gasteiger partial charge >= 0.3 is 0 Å². The molecule has 7 heteroatoms. The molecule has 160 valence electrons. The highest BCUT2D eigenvalue weighted by Gasteiger charge is 2.24. The van der Waals surface area contributed by atoms with Crippen LogP contribution in [0.1, 0.15) is 16.1 Å². The van der Waals surface area contributed by atoms with Crippen LogP contribution in [0.5, 0.6) is 0 Å². The molecule has 1 N–H and O–H groups in total. The van der Waals surface area contributed by atoms with E-state index in [1.54, 1.807) is 0 Å². The maximum absolute atomic E-state index is 13.2. The molecule has 0 unspecified atom stereocenters. The third kappa shape index (κ3) is 4.09. The van der Waals surface area contributed by atoms with E-state index in [-0.39, 0.29) is 5.91 Å². The number of benzene rings is 2. The van der Waals surface area contributed by atoms with Crippen molar-refractivity contribution in [2.75, 3.05) is 36.4 Å². The van der Waals surface area contributed by atoms with Gasteiger partial charge in [0.2, 0.25) is 0 Å². The van der Waals surface area contributed by atoms with Crippen molar-refractivity contribution in [2.45, 2.75) is 6.92 Å². The molecule has 3 heterocycles. The molecular formula is C25H24N6O. The van der Waals surface area contributed by atoms with Crippen LogP contribution in [0, 0.1) is 6.92 Å². The molecule has 0 spiro atoms. The number of hydrogen-bond donors (Lipinski definition) is 1. The van der Waals surface area contributed by atoms with E-state index in [9.17, 15) is 4.79 Å². The molecule has 0 atom stereocenters. The van der Waals surface area contributed by atoms with Crippen LogP contribution in [-0.2, 0) is 0 Å². The van der Waals surface area contributed by atoms with E-state index in [0.717, 1.165) is 46.8 Å². The third-order valence-electron chi connectivity index (χ3n) is 5.71. The lowest BCUT2D eigenvalue weighted by Gasteiger charge is -2.35. The molecule has 0 radical (unpaired) electrons. The van der Waals surface area contributed by atoms with Gasteiger partial charge in [-0.3, -0.25) is 4.79 Å². The number of hydrogen-bond acceptors (Lipinski definition) is 6. The highest BCUT2D eigenvalue weighted by molar-refractivity contribution is 6.07. The number of carbonyl (C=O) groups is 1. The molecule has 5 rings (SSSR count). The average molecular weight is 425 g/mol. The second-order valence-electron chi connectivity index (χ2n) is 7.87. The van der Waals surface area contributed by atoms with Gasteiger partial charge < -0.3 is 15.1 Å². The Kier molecular flexibility index (Phi) is 5.37. The SMILES string of the molecule is Cc1cccc(Nc2ccc(N3CCN(C(=O)c4cccc5ccccc45)CC3)nn2)n1. The highest BCUT2D eigenvalue weighted by atomic mass is 16.2. The minimum atomic E-state index is 0.0812. The number of aromatic nitrogens is 3. The third-order valence-corrected chi connectivity index (χ3v) is 5.71. The number of amides is 1. The van der Waals surface area contributed by atoms with E-state index in [1.165, 1.54) is 0 Å². The van der Waals surface area contributed by atoms with E-state index in [1.807, 2.05) is 84.6 Å². The Bertz CT molecular complexity index is 1240. The van der Waals surface area contributed by atoms with E-state index in [2.05, 4.69) is 25.4 Å². The topological polar surface area (TPSA) is 74.2 Å². The van der Waals surface area contributed by atoms with Crippen molar-refractivity contribution in [3.63, 3.8) is 0 Å². The lowest BCUT2D eigenvalue weighted by atomic mass is 10.0. The molecular weight excluding hydrogens is 400 g/mol. The van der Waals surface area contributed by atoms with Crippen LogP contribution in [0.4, 0.5) is 17.5 Å². The number of pyridine rings is 1. The predicted octanol–water partition coefficient (Wildman–Crippen LogP) is 4.04. The molecule has 32 heavy (non-hydrogen) atoms. The van der Waals surface area contributed by atoms with Crippen LogP contribution in [0.3, 0.4) is 0 Å². The maximum atomic E-state index is 13.2. The second-order valence-corrected chi connectivity index (χ2v) is 7.87. The van der Waals surface area contributed by atoms with Crippen molar-refractivity contribution in [2.24, 2.45) is 0 Å². The Labute approximate surface area is 186 Å². The van der Waals surface area contributed by atoms with Gasteiger partial charge in [0.05, 0.1) is 0 Å². The molecule has 1 aliphatic heterocycles. The van der Waals surface area contributed by atoms with Gasteiger partial charge in [-0.1, -0.05) is 42.5 Å². The quantitative estimate of drug-likeness (QED) is 0.533. The van der Waals surface area contributed by atoms with E-state index in [4.69, 9.17) is 0 Å². The smallest absolute Gasteiger partial charge is 0.254 e. The summed E-state index contributed by atoms with van der Waals surface area (Å²) >= 11 is 0. The number of nitrogens with zero attached hydrogens (tertiary/aromatic N) is 5. The van der Waals surface area contributed by atoms with Gasteiger partial charge in [0, 0.05) is 37.4 Å². The molecule has 2 aromatic heterocycles. The zero-order valence-corrected chi connectivity index (χ0v) is 17.9. The summed E-state index contributed by atoms with van der Waals surface area (Å²) in [4.78, 5) is 21.7. The van der Waals surface area contributed by atoms with Crippen molar-refractivity contribution in [1.82, 2.24) is 20.1 Å². The van der Waals surface area contributed by atoms with Crippen molar-refractivity contribution >= 4 is 34.1 Å². The Balaban J connectivity index is 1.23. The number of carbonyl (C=O) groups excluding carboxylic acids is 1. The van der Waals surface area contributed by atoms with Crippen LogP contribution in [0.15, 0.2) is 72.8 Å². The molecule has 1 aliphatic rings. The minimum absolute atomic E-state index is 0.0812. The van der Waals surface area contributed by atoms with Crippen LogP contribution in [-0.4, -0.2) is 52.2 Å². The monoisotopic (exact) mass is 424 g/mol. The zero-order valence-electron chi connectivity index (χ0n) is 17.9. The lowest BCUT2D eigenvalue weighted by Crippen LogP contribution is -2.49. The summed E-state index contributed by atoms with van der Waals surface area (Å²) in [5, 5.41) is 13.9. The maximum Gasteiger partial charge on any atom is 0.254 e. The van der Waals surface area contributed by atoms with Gasteiger partial charge in [0.25, 0.3) is 5.91 Å². The fourth-order valence-electron chi connectivity index (χ4n) is 4.03. The average Bonchev–Trinajstić information content (AvgIpc) is 2.84. The van der Waals surface area contributed by atoms with Gasteiger partial charge in [-0.05, 0) is 48.0 Å². The van der Waals surface area contributed by atoms with Crippen molar-refractivity contribution < 1.29 is 4.79 Å². The Morgan fingerprint density at radius 2 is 1.59 bits per heavy atom. The first-order valence-corrected chi connectivity index (χ1v) is 10.7. The summed E-state index contributed by atoms with van der Waals surface area (Å²) < 4.78 is 0. The van der Waals surface area contributed by atoms with Gasteiger partial charge in [-0.25, -0.2) is 4.98 Å². The zero-order chi connectivity index (χ0) is 21.9. The summed E-state index contributed by atoms with van der Waals surface area (Å²) in [6.07, 6.45) is 0. The second kappa shape index (κ2) is 8.63. The van der Waals surface area contributed by atoms with E-state index >= 15 is 0 Å². The molecule has 2 aromatic carbocycles. The molecule has 0 aliphatic carbocycles. The first-order chi connectivity index (χ1) is 15.7. The summed E-state index contributed by atoms with van der Waals surface area (Å²) in [6.45, 7) is 4.69. The normalized spacial score (nSPS) is 13.9. The van der Waals surface area contributed by atoms with Crippen molar-refractivity contribution in [3.8, 4) is 0 Å². The van der Waals surface area contributed by atoms with Gasteiger partial charge in [0.15, 0.2) is 11.6 Å². The predicted molar refractivity (Wildman–Crippen MR) is 126 cm³/mol. The summed E-state index contributed by atoms with van der Waals surface area (Å²) in [5.74, 6) is 2.28. The van der Waals surface area contributed by atoms with Gasteiger partial charge in [-0.2, -0.15) is 0 Å².